The highest BCUT2D eigenvalue weighted by molar-refractivity contribution is 5.81. The number of hydrogen-bond acceptors (Lipinski definition) is 2. The topological polar surface area (TPSA) is 38.3 Å². The number of amides is 1. The van der Waals surface area contributed by atoms with Crippen molar-refractivity contribution >= 4 is 5.91 Å². The van der Waals surface area contributed by atoms with E-state index in [0.717, 1.165) is 22.4 Å². The summed E-state index contributed by atoms with van der Waals surface area (Å²) < 4.78 is 5.87. The SMILES string of the molecule is Cc1ccc(C)c(O[C@@H](C)C(=O)N[C@@H](C)c2cc(C)ccc2C)c1. The molecule has 0 radical (unpaired) electrons. The van der Waals surface area contributed by atoms with Crippen LogP contribution >= 0.6 is 0 Å². The number of benzene rings is 2. The molecule has 1 N–H and O–H groups in total. The fraction of sp³-hybridized carbons (Fsp3) is 0.381. The van der Waals surface area contributed by atoms with Crippen LogP contribution < -0.4 is 10.1 Å². The van der Waals surface area contributed by atoms with Gasteiger partial charge in [-0.25, -0.2) is 0 Å². The minimum atomic E-state index is -0.543. The van der Waals surface area contributed by atoms with E-state index in [9.17, 15) is 4.79 Å². The maximum absolute atomic E-state index is 12.5. The van der Waals surface area contributed by atoms with E-state index in [0.29, 0.717) is 0 Å². The second-order valence-corrected chi connectivity index (χ2v) is 6.62. The molecule has 0 fully saturated rings. The highest BCUT2D eigenvalue weighted by Crippen LogP contribution is 2.22. The molecule has 0 spiro atoms. The average Bonchev–Trinajstić information content (AvgIpc) is 2.53. The molecule has 0 aromatic heterocycles. The van der Waals surface area contributed by atoms with E-state index >= 15 is 0 Å². The van der Waals surface area contributed by atoms with Crippen molar-refractivity contribution in [2.75, 3.05) is 0 Å². The fourth-order valence-corrected chi connectivity index (χ4v) is 2.71. The van der Waals surface area contributed by atoms with Gasteiger partial charge in [-0.1, -0.05) is 35.9 Å². The predicted molar refractivity (Wildman–Crippen MR) is 98.5 cm³/mol. The number of ether oxygens (including phenoxy) is 1. The molecule has 0 heterocycles. The average molecular weight is 325 g/mol. The second-order valence-electron chi connectivity index (χ2n) is 6.62. The van der Waals surface area contributed by atoms with Gasteiger partial charge in [0.1, 0.15) is 5.75 Å². The molecule has 2 aromatic rings. The van der Waals surface area contributed by atoms with Gasteiger partial charge in [-0.3, -0.25) is 4.79 Å². The molecule has 3 heteroatoms. The smallest absolute Gasteiger partial charge is 0.261 e. The first-order valence-corrected chi connectivity index (χ1v) is 8.39. The Morgan fingerprint density at radius 1 is 0.917 bits per heavy atom. The van der Waals surface area contributed by atoms with Crippen molar-refractivity contribution in [1.29, 1.82) is 0 Å². The Morgan fingerprint density at radius 2 is 1.50 bits per heavy atom. The van der Waals surface area contributed by atoms with E-state index in [1.54, 1.807) is 6.92 Å². The van der Waals surface area contributed by atoms with Gasteiger partial charge >= 0.3 is 0 Å². The van der Waals surface area contributed by atoms with Crippen LogP contribution in [0, 0.1) is 27.7 Å². The van der Waals surface area contributed by atoms with Crippen molar-refractivity contribution in [3.8, 4) is 5.75 Å². The highest BCUT2D eigenvalue weighted by Gasteiger charge is 2.19. The van der Waals surface area contributed by atoms with Crippen molar-refractivity contribution < 1.29 is 9.53 Å². The van der Waals surface area contributed by atoms with Crippen LogP contribution in [-0.2, 0) is 4.79 Å². The van der Waals surface area contributed by atoms with Crippen molar-refractivity contribution in [2.45, 2.75) is 53.7 Å². The quantitative estimate of drug-likeness (QED) is 0.875. The summed E-state index contributed by atoms with van der Waals surface area (Å²) in [6, 6.07) is 12.2. The first-order chi connectivity index (χ1) is 11.3. The lowest BCUT2D eigenvalue weighted by molar-refractivity contribution is -0.127. The molecule has 2 aromatic carbocycles. The third-order valence-corrected chi connectivity index (χ3v) is 4.28. The number of carbonyl (C=O) groups excluding carboxylic acids is 1. The number of rotatable bonds is 5. The summed E-state index contributed by atoms with van der Waals surface area (Å²) >= 11 is 0. The van der Waals surface area contributed by atoms with Crippen molar-refractivity contribution in [3.63, 3.8) is 0 Å². The largest absolute Gasteiger partial charge is 0.481 e. The van der Waals surface area contributed by atoms with Crippen LogP contribution in [0.4, 0.5) is 0 Å². The summed E-state index contributed by atoms with van der Waals surface area (Å²) in [4.78, 5) is 12.5. The summed E-state index contributed by atoms with van der Waals surface area (Å²) in [5, 5.41) is 3.05. The molecule has 2 rings (SSSR count). The standard InChI is InChI=1S/C21H27NO2/c1-13-7-9-15(3)19(11-13)17(5)22-21(23)18(6)24-20-12-14(2)8-10-16(20)4/h7-12,17-18H,1-6H3,(H,22,23)/t17-,18-/m0/s1. The minimum Gasteiger partial charge on any atom is -0.481 e. The summed E-state index contributed by atoms with van der Waals surface area (Å²) in [5.74, 6) is 0.654. The van der Waals surface area contributed by atoms with Gasteiger partial charge in [-0.15, -0.1) is 0 Å². The maximum atomic E-state index is 12.5. The van der Waals surface area contributed by atoms with Gasteiger partial charge in [-0.2, -0.15) is 0 Å². The maximum Gasteiger partial charge on any atom is 0.261 e. The van der Waals surface area contributed by atoms with Gasteiger partial charge in [0.2, 0.25) is 0 Å². The van der Waals surface area contributed by atoms with Crippen molar-refractivity contribution in [2.24, 2.45) is 0 Å². The van der Waals surface area contributed by atoms with E-state index < -0.39 is 6.10 Å². The van der Waals surface area contributed by atoms with E-state index in [2.05, 4.69) is 37.4 Å². The Hall–Kier alpha value is -2.29. The Morgan fingerprint density at radius 3 is 2.17 bits per heavy atom. The van der Waals surface area contributed by atoms with Crippen molar-refractivity contribution in [1.82, 2.24) is 5.32 Å². The molecule has 0 saturated heterocycles. The van der Waals surface area contributed by atoms with Gasteiger partial charge in [0, 0.05) is 0 Å². The van der Waals surface area contributed by atoms with Crippen LogP contribution in [-0.4, -0.2) is 12.0 Å². The van der Waals surface area contributed by atoms with Crippen LogP contribution in [0.5, 0.6) is 5.75 Å². The molecule has 128 valence electrons. The Bertz CT molecular complexity index is 737. The van der Waals surface area contributed by atoms with Crippen LogP contribution in [0.1, 0.15) is 47.7 Å². The van der Waals surface area contributed by atoms with Gasteiger partial charge in [0.15, 0.2) is 6.10 Å². The summed E-state index contributed by atoms with van der Waals surface area (Å²) in [6.45, 7) is 11.9. The molecule has 0 aliphatic carbocycles. The zero-order valence-corrected chi connectivity index (χ0v) is 15.4. The third kappa shape index (κ3) is 4.38. The molecule has 0 aliphatic heterocycles. The zero-order valence-electron chi connectivity index (χ0n) is 15.4. The fourth-order valence-electron chi connectivity index (χ4n) is 2.71. The first kappa shape index (κ1) is 18.1. The van der Waals surface area contributed by atoms with E-state index in [1.807, 2.05) is 39.0 Å². The minimum absolute atomic E-state index is 0.0537. The monoisotopic (exact) mass is 325 g/mol. The van der Waals surface area contributed by atoms with E-state index in [-0.39, 0.29) is 11.9 Å². The lowest BCUT2D eigenvalue weighted by Crippen LogP contribution is -2.38. The normalized spacial score (nSPS) is 13.2. The molecule has 2 atom stereocenters. The summed E-state index contributed by atoms with van der Waals surface area (Å²) in [6.07, 6.45) is -0.543. The first-order valence-electron chi connectivity index (χ1n) is 8.39. The molecule has 0 unspecified atom stereocenters. The summed E-state index contributed by atoms with van der Waals surface area (Å²) in [7, 11) is 0. The van der Waals surface area contributed by atoms with Gasteiger partial charge in [-0.05, 0) is 69.9 Å². The van der Waals surface area contributed by atoms with Crippen LogP contribution in [0.2, 0.25) is 0 Å². The number of hydrogen-bond donors (Lipinski definition) is 1. The molecule has 0 bridgehead atoms. The molecular formula is C21H27NO2. The summed E-state index contributed by atoms with van der Waals surface area (Å²) in [5.41, 5.74) is 5.66. The number of carbonyl (C=O) groups is 1. The van der Waals surface area contributed by atoms with Crippen LogP contribution in [0.15, 0.2) is 36.4 Å². The van der Waals surface area contributed by atoms with Gasteiger partial charge in [0.05, 0.1) is 6.04 Å². The molecular weight excluding hydrogens is 298 g/mol. The molecule has 0 saturated carbocycles. The highest BCUT2D eigenvalue weighted by atomic mass is 16.5. The van der Waals surface area contributed by atoms with Gasteiger partial charge < -0.3 is 10.1 Å². The number of aryl methyl sites for hydroxylation is 4. The van der Waals surface area contributed by atoms with E-state index in [1.165, 1.54) is 11.1 Å². The second kappa shape index (κ2) is 7.52. The lowest BCUT2D eigenvalue weighted by atomic mass is 10.00. The zero-order chi connectivity index (χ0) is 17.9. The molecule has 3 nitrogen and oxygen atoms in total. The Kier molecular flexibility index (Phi) is 5.66. The van der Waals surface area contributed by atoms with Crippen LogP contribution in [0.25, 0.3) is 0 Å². The molecule has 0 aliphatic rings. The van der Waals surface area contributed by atoms with Crippen molar-refractivity contribution in [3.05, 3.63) is 64.2 Å². The third-order valence-electron chi connectivity index (χ3n) is 4.28. The molecule has 24 heavy (non-hydrogen) atoms. The lowest BCUT2D eigenvalue weighted by Gasteiger charge is -2.21. The predicted octanol–water partition coefficient (Wildman–Crippen LogP) is 4.56. The number of nitrogens with one attached hydrogen (secondary N) is 1. The molecule has 1 amide bonds. The van der Waals surface area contributed by atoms with E-state index in [4.69, 9.17) is 4.74 Å². The Balaban J connectivity index is 2.05. The van der Waals surface area contributed by atoms with Crippen LogP contribution in [0.3, 0.4) is 0 Å². The Labute approximate surface area is 145 Å². The van der Waals surface area contributed by atoms with Gasteiger partial charge in [0.25, 0.3) is 5.91 Å².